The maximum atomic E-state index is 12.8. The van der Waals surface area contributed by atoms with Crippen LogP contribution in [0.2, 0.25) is 0 Å². The minimum atomic E-state index is 0.0178. The van der Waals surface area contributed by atoms with E-state index in [0.29, 0.717) is 11.5 Å². The highest BCUT2D eigenvalue weighted by molar-refractivity contribution is 7.10. The minimum absolute atomic E-state index is 0.0178. The second kappa shape index (κ2) is 18.5. The predicted molar refractivity (Wildman–Crippen MR) is 211 cm³/mol. The fraction of sp³-hybridized carbons (Fsp3) is 0.286. The van der Waals surface area contributed by atoms with Gasteiger partial charge in [-0.3, -0.25) is 19.6 Å². The summed E-state index contributed by atoms with van der Waals surface area (Å²) in [6, 6.07) is 26.8. The summed E-state index contributed by atoms with van der Waals surface area (Å²) >= 11 is 3.24. The summed E-state index contributed by atoms with van der Waals surface area (Å²) in [6.45, 7) is 1.63. The molecule has 0 N–H and O–H groups in total. The van der Waals surface area contributed by atoms with Crippen molar-refractivity contribution < 1.29 is 19.1 Å². The van der Waals surface area contributed by atoms with E-state index in [1.54, 1.807) is 47.5 Å². The van der Waals surface area contributed by atoms with Crippen molar-refractivity contribution in [1.82, 2.24) is 29.7 Å². The van der Waals surface area contributed by atoms with E-state index in [4.69, 9.17) is 19.4 Å². The van der Waals surface area contributed by atoms with Gasteiger partial charge in [0, 0.05) is 59.8 Å². The number of hydrogen-bond donors (Lipinski definition) is 0. The smallest absolute Gasteiger partial charge is 0.261 e. The average molecular weight is 759 g/mol. The van der Waals surface area contributed by atoms with Crippen molar-refractivity contribution in [3.05, 3.63) is 130 Å². The zero-order valence-corrected chi connectivity index (χ0v) is 31.5. The third-order valence-corrected chi connectivity index (χ3v) is 11.3. The van der Waals surface area contributed by atoms with Crippen molar-refractivity contribution in [2.24, 2.45) is 0 Å². The number of rotatable bonds is 10. The van der Waals surface area contributed by atoms with E-state index in [9.17, 15) is 9.59 Å². The van der Waals surface area contributed by atoms with Gasteiger partial charge < -0.3 is 19.3 Å². The number of pyridine rings is 2. The molecule has 0 radical (unpaired) electrons. The molecule has 6 aromatic rings. The molecule has 2 aliphatic heterocycles. The maximum Gasteiger partial charge on any atom is 0.261 e. The van der Waals surface area contributed by atoms with E-state index in [0.717, 1.165) is 84.1 Å². The zero-order valence-electron chi connectivity index (χ0n) is 29.9. The van der Waals surface area contributed by atoms with Crippen molar-refractivity contribution in [3.63, 3.8) is 0 Å². The van der Waals surface area contributed by atoms with Crippen molar-refractivity contribution in [1.29, 1.82) is 0 Å². The van der Waals surface area contributed by atoms with Gasteiger partial charge in [-0.1, -0.05) is 36.4 Å². The van der Waals surface area contributed by atoms with Gasteiger partial charge in [-0.25, -0.2) is 9.97 Å². The molecular weight excluding hydrogens is 717 g/mol. The van der Waals surface area contributed by atoms with Crippen LogP contribution in [0.5, 0.6) is 11.5 Å². The normalized spacial score (nSPS) is 16.9. The molecular formula is C42H42N6O4S2. The van der Waals surface area contributed by atoms with Gasteiger partial charge in [0.15, 0.2) is 13.2 Å². The monoisotopic (exact) mass is 758 g/mol. The van der Waals surface area contributed by atoms with Crippen LogP contribution in [0.4, 0.5) is 0 Å². The molecule has 276 valence electrons. The van der Waals surface area contributed by atoms with Gasteiger partial charge in [-0.15, -0.1) is 22.7 Å². The quantitative estimate of drug-likeness (QED) is 0.137. The predicted octanol–water partition coefficient (Wildman–Crippen LogP) is 8.68. The Hall–Kier alpha value is -5.46. The minimum Gasteiger partial charge on any atom is -0.484 e. The molecule has 4 aromatic heterocycles. The van der Waals surface area contributed by atoms with Crippen LogP contribution in [0.25, 0.3) is 22.5 Å². The first kappa shape index (κ1) is 36.9. The van der Waals surface area contributed by atoms with Crippen molar-refractivity contribution >= 4 is 34.5 Å². The molecule has 2 atom stereocenters. The van der Waals surface area contributed by atoms with Crippen molar-refractivity contribution in [3.8, 4) is 34.0 Å². The Kier molecular flexibility index (Phi) is 12.7. The molecule has 0 saturated carbocycles. The van der Waals surface area contributed by atoms with E-state index in [1.807, 2.05) is 94.7 Å². The highest BCUT2D eigenvalue weighted by atomic mass is 32.1. The molecule has 2 fully saturated rings. The fourth-order valence-corrected chi connectivity index (χ4v) is 8.60. The number of aromatic nitrogens is 4. The summed E-state index contributed by atoms with van der Waals surface area (Å²) in [7, 11) is 0. The molecule has 6 heterocycles. The van der Waals surface area contributed by atoms with E-state index >= 15 is 0 Å². The van der Waals surface area contributed by atoms with Crippen LogP contribution >= 0.6 is 22.7 Å². The number of hydrogen-bond acceptors (Lipinski definition) is 10. The molecule has 10 nitrogen and oxygen atoms in total. The first-order chi connectivity index (χ1) is 26.6. The van der Waals surface area contributed by atoms with Crippen LogP contribution in [0, 0.1) is 0 Å². The third kappa shape index (κ3) is 9.55. The molecule has 2 saturated heterocycles. The summed E-state index contributed by atoms with van der Waals surface area (Å²) in [5.74, 6) is 1.47. The number of nitrogens with zero attached hydrogens (tertiary/aromatic N) is 6. The van der Waals surface area contributed by atoms with Crippen LogP contribution in [0.1, 0.15) is 60.6 Å². The molecule has 2 aromatic carbocycles. The molecule has 0 spiro atoms. The Morgan fingerprint density at radius 3 is 1.39 bits per heavy atom. The lowest BCUT2D eigenvalue weighted by Gasteiger charge is -2.34. The number of benzene rings is 2. The van der Waals surface area contributed by atoms with Crippen LogP contribution in [0.3, 0.4) is 0 Å². The Morgan fingerprint density at radius 2 is 0.981 bits per heavy atom. The standard InChI is InChI=1S/2C21H21N3O2S/c2*25-20(14-26-17-6-2-1-3-7-17)24-13-5-4-8-19(24)21-23-18(15-27-21)16-9-11-22-12-10-16/h2*1-3,6-7,9-12,15,19H,4-5,8,13-14H2/t2*19-/m11/s1. The summed E-state index contributed by atoms with van der Waals surface area (Å²) < 4.78 is 11.3. The first-order valence-electron chi connectivity index (χ1n) is 18.3. The van der Waals surface area contributed by atoms with Gasteiger partial charge in [-0.05, 0) is 87.1 Å². The molecule has 54 heavy (non-hydrogen) atoms. The topological polar surface area (TPSA) is 111 Å². The van der Waals surface area contributed by atoms with Crippen LogP contribution in [-0.2, 0) is 9.59 Å². The van der Waals surface area contributed by atoms with Crippen LogP contribution < -0.4 is 9.47 Å². The number of carbonyl (C=O) groups excluding carboxylic acids is 2. The fourth-order valence-electron chi connectivity index (χ4n) is 6.65. The summed E-state index contributed by atoms with van der Waals surface area (Å²) in [4.78, 5) is 47.2. The number of piperidine rings is 2. The molecule has 0 bridgehead atoms. The molecule has 2 aliphatic rings. The lowest BCUT2D eigenvalue weighted by molar-refractivity contribution is -0.138. The van der Waals surface area contributed by atoms with Crippen LogP contribution in [0.15, 0.2) is 120 Å². The van der Waals surface area contributed by atoms with Gasteiger partial charge in [0.1, 0.15) is 21.5 Å². The summed E-state index contributed by atoms with van der Waals surface area (Å²) in [6.07, 6.45) is 13.2. The number of amides is 2. The first-order valence-corrected chi connectivity index (χ1v) is 20.0. The van der Waals surface area contributed by atoms with E-state index in [1.165, 1.54) is 0 Å². The summed E-state index contributed by atoms with van der Waals surface area (Å²) in [5, 5.41) is 6.11. The average Bonchev–Trinajstić information content (AvgIpc) is 3.95. The Morgan fingerprint density at radius 1 is 0.574 bits per heavy atom. The van der Waals surface area contributed by atoms with Gasteiger partial charge in [0.05, 0.1) is 23.5 Å². The van der Waals surface area contributed by atoms with Gasteiger partial charge in [0.25, 0.3) is 11.8 Å². The third-order valence-electron chi connectivity index (χ3n) is 9.42. The SMILES string of the molecule is O=C(COc1ccccc1)N1CCCC[C@@H]1c1nc(-c2ccncc2)cs1.O=C(COc1ccccc1)N1CCCC[C@@H]1c1nc(-c2ccncc2)cs1. The molecule has 0 aliphatic carbocycles. The maximum absolute atomic E-state index is 12.8. The molecule has 12 heteroatoms. The zero-order chi connectivity index (χ0) is 37.0. The number of likely N-dealkylation sites (tertiary alicyclic amines) is 2. The molecule has 2 amide bonds. The van der Waals surface area contributed by atoms with Crippen molar-refractivity contribution in [2.75, 3.05) is 26.3 Å². The van der Waals surface area contributed by atoms with Gasteiger partial charge in [-0.2, -0.15) is 0 Å². The van der Waals surface area contributed by atoms with E-state index < -0.39 is 0 Å². The highest BCUT2D eigenvalue weighted by Gasteiger charge is 2.31. The van der Waals surface area contributed by atoms with Crippen molar-refractivity contribution in [2.45, 2.75) is 50.6 Å². The number of thiazole rings is 2. The van der Waals surface area contributed by atoms with E-state index in [-0.39, 0.29) is 37.1 Å². The number of carbonyl (C=O) groups is 2. The second-order valence-corrected chi connectivity index (χ2v) is 14.8. The van der Waals surface area contributed by atoms with E-state index in [2.05, 4.69) is 20.7 Å². The Labute approximate surface area is 323 Å². The molecule has 8 rings (SSSR count). The molecule has 0 unspecified atom stereocenters. The summed E-state index contributed by atoms with van der Waals surface area (Å²) in [5.41, 5.74) is 3.98. The number of para-hydroxylation sites is 2. The second-order valence-electron chi connectivity index (χ2n) is 13.0. The lowest BCUT2D eigenvalue weighted by Crippen LogP contribution is -2.41. The number of ether oxygens (including phenoxy) is 2. The van der Waals surface area contributed by atoms with Gasteiger partial charge >= 0.3 is 0 Å². The highest BCUT2D eigenvalue weighted by Crippen LogP contribution is 2.36. The lowest BCUT2D eigenvalue weighted by atomic mass is 10.0. The Bertz CT molecular complexity index is 1910. The largest absolute Gasteiger partial charge is 0.484 e. The Balaban J connectivity index is 0.000000167. The van der Waals surface area contributed by atoms with Gasteiger partial charge in [0.2, 0.25) is 0 Å². The van der Waals surface area contributed by atoms with Crippen LogP contribution in [-0.4, -0.2) is 67.9 Å².